The molecule has 2 aromatic heterocycles. The Morgan fingerprint density at radius 3 is 3.04 bits per heavy atom. The van der Waals surface area contributed by atoms with Gasteiger partial charge in [-0.05, 0) is 24.5 Å². The SMILES string of the molecule is Cn1c(=O)n(C2CCCOC2)c2nc(Nc3cc4c(cc3Cl)OCC4)ncc21. The van der Waals surface area contributed by atoms with E-state index in [1.807, 2.05) is 12.1 Å². The van der Waals surface area contributed by atoms with Gasteiger partial charge in [-0.15, -0.1) is 0 Å². The molecule has 1 N–H and O–H groups in total. The zero-order chi connectivity index (χ0) is 19.3. The van der Waals surface area contributed by atoms with Crippen molar-refractivity contribution in [2.75, 3.05) is 25.1 Å². The van der Waals surface area contributed by atoms with E-state index in [2.05, 4.69) is 15.3 Å². The molecule has 146 valence electrons. The van der Waals surface area contributed by atoms with Crippen molar-refractivity contribution in [3.8, 4) is 5.75 Å². The molecule has 2 aliphatic heterocycles. The summed E-state index contributed by atoms with van der Waals surface area (Å²) in [7, 11) is 1.73. The van der Waals surface area contributed by atoms with Crippen molar-refractivity contribution in [2.45, 2.75) is 25.3 Å². The van der Waals surface area contributed by atoms with Gasteiger partial charge in [0.2, 0.25) is 5.95 Å². The number of fused-ring (bicyclic) bond motifs is 2. The Labute approximate surface area is 166 Å². The fraction of sp³-hybridized carbons (Fsp3) is 0.421. The topological polar surface area (TPSA) is 83.2 Å². The molecule has 0 spiro atoms. The molecule has 1 aromatic carbocycles. The number of hydrogen-bond acceptors (Lipinski definition) is 6. The number of ether oxygens (including phenoxy) is 2. The van der Waals surface area contributed by atoms with Crippen molar-refractivity contribution in [3.63, 3.8) is 0 Å². The number of hydrogen-bond donors (Lipinski definition) is 1. The summed E-state index contributed by atoms with van der Waals surface area (Å²) in [5.41, 5.74) is 3.00. The maximum absolute atomic E-state index is 12.8. The lowest BCUT2D eigenvalue weighted by Crippen LogP contribution is -2.31. The minimum Gasteiger partial charge on any atom is -0.493 e. The van der Waals surface area contributed by atoms with Gasteiger partial charge in [0, 0.05) is 26.1 Å². The number of nitrogens with zero attached hydrogens (tertiary/aromatic N) is 4. The summed E-state index contributed by atoms with van der Waals surface area (Å²) in [6.07, 6.45) is 4.33. The van der Waals surface area contributed by atoms with Crippen molar-refractivity contribution >= 4 is 34.4 Å². The number of imidazole rings is 1. The van der Waals surface area contributed by atoms with Crippen LogP contribution in [0, 0.1) is 0 Å². The number of nitrogens with one attached hydrogen (secondary N) is 1. The Bertz CT molecular complexity index is 1120. The molecule has 28 heavy (non-hydrogen) atoms. The van der Waals surface area contributed by atoms with Crippen molar-refractivity contribution in [1.82, 2.24) is 19.1 Å². The summed E-state index contributed by atoms with van der Waals surface area (Å²) < 4.78 is 14.4. The summed E-state index contributed by atoms with van der Waals surface area (Å²) in [6, 6.07) is 3.75. The van der Waals surface area contributed by atoms with Crippen molar-refractivity contribution in [2.24, 2.45) is 7.05 Å². The molecule has 1 atom stereocenters. The minimum absolute atomic E-state index is 0.0200. The van der Waals surface area contributed by atoms with Gasteiger partial charge in [-0.3, -0.25) is 9.13 Å². The van der Waals surface area contributed by atoms with E-state index >= 15 is 0 Å². The highest BCUT2D eigenvalue weighted by atomic mass is 35.5. The monoisotopic (exact) mass is 401 g/mol. The molecule has 2 aliphatic rings. The van der Waals surface area contributed by atoms with Gasteiger partial charge in [0.25, 0.3) is 0 Å². The van der Waals surface area contributed by atoms with E-state index in [-0.39, 0.29) is 11.7 Å². The third-order valence-electron chi connectivity index (χ3n) is 5.36. The molecule has 0 amide bonds. The van der Waals surface area contributed by atoms with E-state index in [4.69, 9.17) is 21.1 Å². The first-order chi connectivity index (χ1) is 13.6. The third-order valence-corrected chi connectivity index (χ3v) is 5.67. The molecule has 0 saturated carbocycles. The van der Waals surface area contributed by atoms with Crippen LogP contribution in [0.1, 0.15) is 24.4 Å². The van der Waals surface area contributed by atoms with Gasteiger partial charge in [0.1, 0.15) is 11.3 Å². The van der Waals surface area contributed by atoms with Gasteiger partial charge < -0.3 is 14.8 Å². The molecule has 3 aromatic rings. The second kappa shape index (κ2) is 6.79. The van der Waals surface area contributed by atoms with Crippen LogP contribution in [0.3, 0.4) is 0 Å². The molecule has 1 saturated heterocycles. The second-order valence-electron chi connectivity index (χ2n) is 7.15. The summed E-state index contributed by atoms with van der Waals surface area (Å²) in [5, 5.41) is 3.72. The van der Waals surface area contributed by atoms with Crippen molar-refractivity contribution in [3.05, 3.63) is 39.4 Å². The molecular weight excluding hydrogens is 382 g/mol. The molecule has 0 bridgehead atoms. The van der Waals surface area contributed by atoms with Crippen LogP contribution in [0.5, 0.6) is 5.75 Å². The second-order valence-corrected chi connectivity index (χ2v) is 7.56. The van der Waals surface area contributed by atoms with Gasteiger partial charge in [-0.1, -0.05) is 11.6 Å². The van der Waals surface area contributed by atoms with Crippen LogP contribution in [0.25, 0.3) is 11.2 Å². The Kier molecular flexibility index (Phi) is 4.25. The summed E-state index contributed by atoms with van der Waals surface area (Å²) in [4.78, 5) is 21.8. The van der Waals surface area contributed by atoms with Gasteiger partial charge in [-0.25, -0.2) is 9.78 Å². The standard InChI is InChI=1S/C19H20ClN5O3/c1-24-15-9-21-18(22-14-7-11-4-6-28-16(11)8-13(14)20)23-17(15)25(19(24)26)12-3-2-5-27-10-12/h7-9,12H,2-6,10H2,1H3,(H,21,22,23). The third kappa shape index (κ3) is 2.84. The largest absolute Gasteiger partial charge is 0.493 e. The summed E-state index contributed by atoms with van der Waals surface area (Å²) in [6.45, 7) is 1.91. The molecule has 0 aliphatic carbocycles. The summed E-state index contributed by atoms with van der Waals surface area (Å²) in [5.74, 6) is 1.21. The normalized spacial score (nSPS) is 18.9. The van der Waals surface area contributed by atoms with E-state index in [0.717, 1.165) is 42.9 Å². The van der Waals surface area contributed by atoms with Crippen LogP contribution in [0.15, 0.2) is 23.1 Å². The van der Waals surface area contributed by atoms with Gasteiger partial charge in [0.15, 0.2) is 5.65 Å². The van der Waals surface area contributed by atoms with Crippen molar-refractivity contribution in [1.29, 1.82) is 0 Å². The quantitative estimate of drug-likeness (QED) is 0.726. The lowest BCUT2D eigenvalue weighted by Gasteiger charge is -2.22. The molecular formula is C19H20ClN5O3. The molecule has 8 nitrogen and oxygen atoms in total. The maximum Gasteiger partial charge on any atom is 0.330 e. The van der Waals surface area contributed by atoms with Crippen LogP contribution < -0.4 is 15.7 Å². The predicted molar refractivity (Wildman–Crippen MR) is 106 cm³/mol. The fourth-order valence-corrected chi connectivity index (χ4v) is 4.07. The predicted octanol–water partition coefficient (Wildman–Crippen LogP) is 2.81. The zero-order valence-corrected chi connectivity index (χ0v) is 16.2. The lowest BCUT2D eigenvalue weighted by molar-refractivity contribution is 0.0591. The maximum atomic E-state index is 12.8. The van der Waals surface area contributed by atoms with Crippen LogP contribution >= 0.6 is 11.6 Å². The number of benzene rings is 1. The zero-order valence-electron chi connectivity index (χ0n) is 15.4. The summed E-state index contributed by atoms with van der Waals surface area (Å²) >= 11 is 6.38. The Hall–Kier alpha value is -2.58. The van der Waals surface area contributed by atoms with Crippen LogP contribution in [-0.2, 0) is 18.2 Å². The van der Waals surface area contributed by atoms with Gasteiger partial charge in [0.05, 0.1) is 36.2 Å². The molecule has 9 heteroatoms. The van der Waals surface area contributed by atoms with Crippen LogP contribution in [0.4, 0.5) is 11.6 Å². The molecule has 1 unspecified atom stereocenters. The van der Waals surface area contributed by atoms with Crippen molar-refractivity contribution < 1.29 is 9.47 Å². The number of aromatic nitrogens is 4. The highest BCUT2D eigenvalue weighted by molar-refractivity contribution is 6.33. The Morgan fingerprint density at radius 1 is 1.32 bits per heavy atom. The molecule has 0 radical (unpaired) electrons. The number of rotatable bonds is 3. The van der Waals surface area contributed by atoms with Crippen LogP contribution in [-0.4, -0.2) is 38.9 Å². The van der Waals surface area contributed by atoms with Gasteiger partial charge in [-0.2, -0.15) is 4.98 Å². The average Bonchev–Trinajstić information content (AvgIpc) is 3.25. The van der Waals surface area contributed by atoms with E-state index in [1.165, 1.54) is 0 Å². The molecule has 1 fully saturated rings. The minimum atomic E-state index is -0.107. The molecule has 4 heterocycles. The first kappa shape index (κ1) is 17.5. The van der Waals surface area contributed by atoms with E-state index in [9.17, 15) is 4.79 Å². The number of anilines is 2. The number of aryl methyl sites for hydroxylation is 1. The Morgan fingerprint density at radius 2 is 2.21 bits per heavy atom. The van der Waals surface area contributed by atoms with E-state index in [0.29, 0.717) is 35.3 Å². The smallest absolute Gasteiger partial charge is 0.330 e. The fourth-order valence-electron chi connectivity index (χ4n) is 3.87. The first-order valence-corrected chi connectivity index (χ1v) is 9.73. The highest BCUT2D eigenvalue weighted by Crippen LogP contribution is 2.35. The van der Waals surface area contributed by atoms with Gasteiger partial charge >= 0.3 is 5.69 Å². The lowest BCUT2D eigenvalue weighted by atomic mass is 10.1. The first-order valence-electron chi connectivity index (χ1n) is 9.36. The average molecular weight is 402 g/mol. The van der Waals surface area contributed by atoms with Crippen LogP contribution in [0.2, 0.25) is 5.02 Å². The molecule has 5 rings (SSSR count). The Balaban J connectivity index is 1.55. The van der Waals surface area contributed by atoms with E-state index < -0.39 is 0 Å². The number of halogens is 1. The van der Waals surface area contributed by atoms with E-state index in [1.54, 1.807) is 22.4 Å². The highest BCUT2D eigenvalue weighted by Gasteiger charge is 2.23.